The van der Waals surface area contributed by atoms with Gasteiger partial charge in [-0.15, -0.1) is 0 Å². The van der Waals surface area contributed by atoms with E-state index in [1.54, 1.807) is 24.3 Å². The van der Waals surface area contributed by atoms with Crippen LogP contribution in [0, 0.1) is 0 Å². The molecule has 2 unspecified atom stereocenters. The van der Waals surface area contributed by atoms with Crippen molar-refractivity contribution < 1.29 is 19.4 Å². The number of amides is 1. The molecule has 0 aromatic heterocycles. The van der Waals surface area contributed by atoms with E-state index in [0.29, 0.717) is 18.7 Å². The maximum absolute atomic E-state index is 12.5. The zero-order chi connectivity index (χ0) is 15.4. The number of aliphatic carboxylic acids is 1. The molecule has 1 aliphatic rings. The quantitative estimate of drug-likeness (QED) is 0.865. The number of rotatable bonds is 3. The molecule has 1 saturated heterocycles. The minimum Gasteiger partial charge on any atom is -0.478 e. The maximum atomic E-state index is 12.5. The Morgan fingerprint density at radius 2 is 1.95 bits per heavy atom. The van der Waals surface area contributed by atoms with Gasteiger partial charge < -0.3 is 14.7 Å². The molecule has 1 aliphatic heterocycles. The van der Waals surface area contributed by atoms with Gasteiger partial charge in [0.05, 0.1) is 18.8 Å². The lowest BCUT2D eigenvalue weighted by Gasteiger charge is -2.36. The third-order valence-electron chi connectivity index (χ3n) is 3.44. The van der Waals surface area contributed by atoms with Crippen LogP contribution in [0.4, 0.5) is 0 Å². The van der Waals surface area contributed by atoms with E-state index in [1.807, 2.05) is 18.7 Å². The van der Waals surface area contributed by atoms with Crippen LogP contribution >= 0.6 is 0 Å². The van der Waals surface area contributed by atoms with E-state index in [1.165, 1.54) is 6.08 Å². The third kappa shape index (κ3) is 3.92. The number of carboxylic acids is 1. The smallest absolute Gasteiger partial charge is 0.328 e. The van der Waals surface area contributed by atoms with Gasteiger partial charge in [-0.2, -0.15) is 0 Å². The van der Waals surface area contributed by atoms with Crippen molar-refractivity contribution in [2.75, 3.05) is 13.2 Å². The summed E-state index contributed by atoms with van der Waals surface area (Å²) in [6.45, 7) is 5.05. The molecule has 5 nitrogen and oxygen atoms in total. The first-order valence-electron chi connectivity index (χ1n) is 6.91. The van der Waals surface area contributed by atoms with E-state index in [2.05, 4.69) is 0 Å². The average molecular weight is 289 g/mol. The molecule has 1 aromatic carbocycles. The molecule has 0 radical (unpaired) electrons. The van der Waals surface area contributed by atoms with Crippen LogP contribution in [0.3, 0.4) is 0 Å². The third-order valence-corrected chi connectivity index (χ3v) is 3.44. The maximum Gasteiger partial charge on any atom is 0.328 e. The summed E-state index contributed by atoms with van der Waals surface area (Å²) in [6, 6.07) is 6.97. The summed E-state index contributed by atoms with van der Waals surface area (Å²) < 4.78 is 5.52. The monoisotopic (exact) mass is 289 g/mol. The number of carbonyl (C=O) groups is 2. The molecular weight excluding hydrogens is 270 g/mol. The number of carbonyl (C=O) groups excluding carboxylic acids is 1. The van der Waals surface area contributed by atoms with Crippen LogP contribution in [0.15, 0.2) is 30.3 Å². The molecule has 0 saturated carbocycles. The lowest BCUT2D eigenvalue weighted by Crippen LogP contribution is -2.50. The molecule has 0 bridgehead atoms. The van der Waals surface area contributed by atoms with E-state index in [4.69, 9.17) is 9.84 Å². The lowest BCUT2D eigenvalue weighted by molar-refractivity contribution is -0.131. The molecule has 0 spiro atoms. The molecule has 1 aromatic rings. The molecule has 2 rings (SSSR count). The first-order chi connectivity index (χ1) is 9.97. The molecule has 2 atom stereocenters. The fourth-order valence-electron chi connectivity index (χ4n) is 2.26. The van der Waals surface area contributed by atoms with Crippen LogP contribution in [0.5, 0.6) is 0 Å². The SMILES string of the molecule is CC1CN(C(=O)c2ccc(C=CC(=O)O)cc2)C(C)CO1. The Balaban J connectivity index is 2.10. The molecule has 1 fully saturated rings. The van der Waals surface area contributed by atoms with Gasteiger partial charge in [0.15, 0.2) is 0 Å². The van der Waals surface area contributed by atoms with Crippen molar-refractivity contribution in [3.05, 3.63) is 41.5 Å². The van der Waals surface area contributed by atoms with Crippen molar-refractivity contribution >= 4 is 18.0 Å². The Morgan fingerprint density at radius 1 is 1.29 bits per heavy atom. The van der Waals surface area contributed by atoms with Gasteiger partial charge in [0.25, 0.3) is 5.91 Å². The Labute approximate surface area is 123 Å². The number of hydrogen-bond donors (Lipinski definition) is 1. The highest BCUT2D eigenvalue weighted by Gasteiger charge is 2.28. The van der Waals surface area contributed by atoms with E-state index < -0.39 is 5.97 Å². The summed E-state index contributed by atoms with van der Waals surface area (Å²) in [4.78, 5) is 24.8. The normalized spacial score (nSPS) is 22.5. The van der Waals surface area contributed by atoms with Crippen LogP contribution in [-0.2, 0) is 9.53 Å². The van der Waals surface area contributed by atoms with E-state index in [0.717, 1.165) is 11.6 Å². The lowest BCUT2D eigenvalue weighted by atomic mass is 10.1. The number of benzene rings is 1. The van der Waals surface area contributed by atoms with Gasteiger partial charge in [-0.3, -0.25) is 4.79 Å². The number of nitrogens with zero attached hydrogens (tertiary/aromatic N) is 1. The molecule has 1 N–H and O–H groups in total. The minimum atomic E-state index is -0.994. The predicted octanol–water partition coefficient (Wildman–Crippen LogP) is 2.03. The first-order valence-corrected chi connectivity index (χ1v) is 6.91. The molecule has 0 aliphatic carbocycles. The second-order valence-electron chi connectivity index (χ2n) is 5.24. The summed E-state index contributed by atoms with van der Waals surface area (Å²) in [6.07, 6.45) is 2.61. The van der Waals surface area contributed by atoms with Gasteiger partial charge in [-0.25, -0.2) is 4.79 Å². The van der Waals surface area contributed by atoms with Crippen LogP contribution in [0.25, 0.3) is 6.08 Å². The largest absolute Gasteiger partial charge is 0.478 e. The van der Waals surface area contributed by atoms with Crippen molar-refractivity contribution in [3.63, 3.8) is 0 Å². The van der Waals surface area contributed by atoms with Gasteiger partial charge in [-0.1, -0.05) is 12.1 Å². The Kier molecular flexibility index (Phi) is 4.75. The summed E-state index contributed by atoms with van der Waals surface area (Å²) >= 11 is 0. The predicted molar refractivity (Wildman–Crippen MR) is 79.0 cm³/mol. The Bertz CT molecular complexity index is 550. The highest BCUT2D eigenvalue weighted by molar-refractivity contribution is 5.95. The molecular formula is C16H19NO4. The topological polar surface area (TPSA) is 66.8 Å². The second kappa shape index (κ2) is 6.54. The van der Waals surface area contributed by atoms with E-state index in [-0.39, 0.29) is 18.1 Å². The number of morpholine rings is 1. The van der Waals surface area contributed by atoms with Gasteiger partial charge in [0.2, 0.25) is 0 Å². The molecule has 112 valence electrons. The first kappa shape index (κ1) is 15.3. The highest BCUT2D eigenvalue weighted by atomic mass is 16.5. The van der Waals surface area contributed by atoms with Crippen molar-refractivity contribution in [2.24, 2.45) is 0 Å². The minimum absolute atomic E-state index is 0.0218. The van der Waals surface area contributed by atoms with Crippen LogP contribution in [-0.4, -0.2) is 47.2 Å². The number of hydrogen-bond acceptors (Lipinski definition) is 3. The molecule has 1 amide bonds. The summed E-state index contributed by atoms with van der Waals surface area (Å²) in [5.41, 5.74) is 1.35. The Morgan fingerprint density at radius 3 is 2.57 bits per heavy atom. The average Bonchev–Trinajstić information content (AvgIpc) is 2.47. The number of carboxylic acid groups (broad SMARTS) is 1. The highest BCUT2D eigenvalue weighted by Crippen LogP contribution is 2.16. The zero-order valence-corrected chi connectivity index (χ0v) is 12.2. The van der Waals surface area contributed by atoms with Crippen LogP contribution in [0.2, 0.25) is 0 Å². The standard InChI is InChI=1S/C16H19NO4/c1-11-10-21-12(2)9-17(11)16(20)14-6-3-13(4-7-14)5-8-15(18)19/h3-8,11-12H,9-10H2,1-2H3,(H,18,19). The van der Waals surface area contributed by atoms with Crippen molar-refractivity contribution in [1.29, 1.82) is 0 Å². The summed E-state index contributed by atoms with van der Waals surface area (Å²) in [7, 11) is 0. The second-order valence-corrected chi connectivity index (χ2v) is 5.24. The molecule has 5 heteroatoms. The van der Waals surface area contributed by atoms with Crippen molar-refractivity contribution in [3.8, 4) is 0 Å². The molecule has 1 heterocycles. The van der Waals surface area contributed by atoms with E-state index in [9.17, 15) is 9.59 Å². The Hall–Kier alpha value is -2.14. The van der Waals surface area contributed by atoms with Crippen LogP contribution in [0.1, 0.15) is 29.8 Å². The fraction of sp³-hybridized carbons (Fsp3) is 0.375. The molecule has 21 heavy (non-hydrogen) atoms. The van der Waals surface area contributed by atoms with Crippen LogP contribution < -0.4 is 0 Å². The van der Waals surface area contributed by atoms with Gasteiger partial charge in [0.1, 0.15) is 0 Å². The summed E-state index contributed by atoms with van der Waals surface area (Å²) in [5, 5.41) is 8.58. The van der Waals surface area contributed by atoms with Crippen molar-refractivity contribution in [1.82, 2.24) is 4.90 Å². The summed E-state index contributed by atoms with van der Waals surface area (Å²) in [5.74, 6) is -1.02. The van der Waals surface area contributed by atoms with E-state index >= 15 is 0 Å². The van der Waals surface area contributed by atoms with Crippen molar-refractivity contribution in [2.45, 2.75) is 26.0 Å². The van der Waals surface area contributed by atoms with Gasteiger partial charge in [0, 0.05) is 18.2 Å². The fourth-order valence-corrected chi connectivity index (χ4v) is 2.26. The van der Waals surface area contributed by atoms with Gasteiger partial charge >= 0.3 is 5.97 Å². The zero-order valence-electron chi connectivity index (χ0n) is 12.2. The van der Waals surface area contributed by atoms with Gasteiger partial charge in [-0.05, 0) is 37.6 Å². The number of ether oxygens (including phenoxy) is 1.